The second-order valence-electron chi connectivity index (χ2n) is 2.48. The molecule has 0 aromatic rings. The molecule has 0 aliphatic heterocycles. The summed E-state index contributed by atoms with van der Waals surface area (Å²) in [4.78, 5) is 10.7. The number of carbonyl (C=O) groups is 1. The summed E-state index contributed by atoms with van der Waals surface area (Å²) in [7, 11) is 0. The molecule has 1 unspecified atom stereocenters. The van der Waals surface area contributed by atoms with E-state index in [1.54, 1.807) is 12.1 Å². The van der Waals surface area contributed by atoms with Crippen molar-refractivity contribution < 1.29 is 9.90 Å². The van der Waals surface area contributed by atoms with Crippen molar-refractivity contribution in [2.45, 2.75) is 6.42 Å². The average molecular weight is 184 g/mol. The van der Waals surface area contributed by atoms with Gasteiger partial charge in [0.15, 0.2) is 5.41 Å². The average Bonchev–Trinajstić information content (AvgIpc) is 2.04. The molecule has 0 spiro atoms. The first-order valence-electron chi connectivity index (χ1n) is 3.30. The number of aliphatic carboxylic acids is 1. The third-order valence-electron chi connectivity index (χ3n) is 1.62. The highest BCUT2D eigenvalue weighted by Gasteiger charge is 2.35. The SMILES string of the molecule is N#CC1(C(=O)O)C=CCC(Cl)=C1. The van der Waals surface area contributed by atoms with Crippen LogP contribution in [0.25, 0.3) is 0 Å². The molecule has 0 amide bonds. The summed E-state index contributed by atoms with van der Waals surface area (Å²) >= 11 is 5.62. The molecule has 1 aliphatic carbocycles. The highest BCUT2D eigenvalue weighted by molar-refractivity contribution is 6.30. The third-order valence-corrected chi connectivity index (χ3v) is 1.88. The maximum absolute atomic E-state index is 10.7. The van der Waals surface area contributed by atoms with E-state index in [0.717, 1.165) is 0 Å². The Kier molecular flexibility index (Phi) is 2.20. The summed E-state index contributed by atoms with van der Waals surface area (Å²) in [6.45, 7) is 0. The zero-order valence-corrected chi connectivity index (χ0v) is 6.88. The van der Waals surface area contributed by atoms with Gasteiger partial charge in [0.2, 0.25) is 0 Å². The second kappa shape index (κ2) is 3.00. The molecular formula is C8H6ClNO2. The van der Waals surface area contributed by atoms with E-state index in [2.05, 4.69) is 0 Å². The molecule has 0 aromatic carbocycles. The minimum atomic E-state index is -1.56. The Morgan fingerprint density at radius 2 is 2.50 bits per heavy atom. The predicted molar refractivity (Wildman–Crippen MR) is 43.4 cm³/mol. The lowest BCUT2D eigenvalue weighted by molar-refractivity contribution is -0.141. The van der Waals surface area contributed by atoms with E-state index in [1.165, 1.54) is 12.2 Å². The quantitative estimate of drug-likeness (QED) is 0.629. The first-order valence-corrected chi connectivity index (χ1v) is 3.68. The van der Waals surface area contributed by atoms with Crippen LogP contribution < -0.4 is 0 Å². The highest BCUT2D eigenvalue weighted by Crippen LogP contribution is 2.29. The monoisotopic (exact) mass is 183 g/mol. The molecular weight excluding hydrogens is 178 g/mol. The van der Waals surface area contributed by atoms with Gasteiger partial charge in [0.25, 0.3) is 0 Å². The number of carboxylic acid groups (broad SMARTS) is 1. The lowest BCUT2D eigenvalue weighted by Crippen LogP contribution is -2.26. The molecule has 3 nitrogen and oxygen atoms in total. The van der Waals surface area contributed by atoms with Gasteiger partial charge in [0.05, 0.1) is 6.07 Å². The van der Waals surface area contributed by atoms with Gasteiger partial charge < -0.3 is 5.11 Å². The molecule has 0 heterocycles. The lowest BCUT2D eigenvalue weighted by Gasteiger charge is -2.16. The van der Waals surface area contributed by atoms with Crippen LogP contribution in [0.3, 0.4) is 0 Å². The van der Waals surface area contributed by atoms with Gasteiger partial charge in [-0.2, -0.15) is 5.26 Å². The Labute approximate surface area is 74.6 Å². The van der Waals surface area contributed by atoms with Crippen LogP contribution in [0.5, 0.6) is 0 Å². The van der Waals surface area contributed by atoms with E-state index in [-0.39, 0.29) is 0 Å². The number of hydrogen-bond donors (Lipinski definition) is 1. The van der Waals surface area contributed by atoms with Gasteiger partial charge in [0.1, 0.15) is 0 Å². The predicted octanol–water partition coefficient (Wildman–Crippen LogP) is 1.66. The van der Waals surface area contributed by atoms with Crippen LogP contribution in [0.1, 0.15) is 6.42 Å². The normalized spacial score (nSPS) is 27.5. The zero-order valence-electron chi connectivity index (χ0n) is 6.12. The van der Waals surface area contributed by atoms with E-state index < -0.39 is 11.4 Å². The van der Waals surface area contributed by atoms with Gasteiger partial charge in [-0.1, -0.05) is 23.8 Å². The lowest BCUT2D eigenvalue weighted by atomic mass is 9.86. The minimum absolute atomic E-state index is 0.390. The standard InChI is InChI=1S/C8H6ClNO2/c9-6-2-1-3-8(4-6,5-10)7(11)12/h1,3-4H,2H2,(H,11,12). The molecule has 0 aromatic heterocycles. The van der Waals surface area contributed by atoms with Crippen molar-refractivity contribution in [3.63, 3.8) is 0 Å². The Balaban J connectivity index is 3.11. The van der Waals surface area contributed by atoms with Crippen molar-refractivity contribution in [1.82, 2.24) is 0 Å². The number of nitrogens with zero attached hydrogens (tertiary/aromatic N) is 1. The van der Waals surface area contributed by atoms with E-state index in [0.29, 0.717) is 11.5 Å². The van der Waals surface area contributed by atoms with Crippen LogP contribution in [0.15, 0.2) is 23.3 Å². The largest absolute Gasteiger partial charge is 0.480 e. The van der Waals surface area contributed by atoms with Gasteiger partial charge in [-0.3, -0.25) is 0 Å². The molecule has 1 atom stereocenters. The van der Waals surface area contributed by atoms with Crippen molar-refractivity contribution >= 4 is 17.6 Å². The summed E-state index contributed by atoms with van der Waals surface area (Å²) in [5.74, 6) is -1.20. The van der Waals surface area contributed by atoms with Gasteiger partial charge in [-0.15, -0.1) is 0 Å². The Bertz CT molecular complexity index is 314. The number of allylic oxidation sites excluding steroid dienone is 2. The second-order valence-corrected chi connectivity index (χ2v) is 2.97. The van der Waals surface area contributed by atoms with Crippen molar-refractivity contribution in [2.24, 2.45) is 5.41 Å². The fourth-order valence-electron chi connectivity index (χ4n) is 0.962. The zero-order chi connectivity index (χ0) is 9.19. The summed E-state index contributed by atoms with van der Waals surface area (Å²) in [5, 5.41) is 17.8. The molecule has 0 saturated heterocycles. The van der Waals surface area contributed by atoms with Crippen molar-refractivity contribution in [2.75, 3.05) is 0 Å². The topological polar surface area (TPSA) is 61.1 Å². The molecule has 1 aliphatic rings. The molecule has 1 rings (SSSR count). The number of rotatable bonds is 1. The molecule has 12 heavy (non-hydrogen) atoms. The third kappa shape index (κ3) is 1.34. The van der Waals surface area contributed by atoms with Gasteiger partial charge in [-0.05, 0) is 6.08 Å². The first kappa shape index (κ1) is 8.82. The van der Waals surface area contributed by atoms with Gasteiger partial charge in [-0.25, -0.2) is 4.79 Å². The Morgan fingerprint density at radius 1 is 1.83 bits per heavy atom. The van der Waals surface area contributed by atoms with Crippen molar-refractivity contribution in [3.8, 4) is 6.07 Å². The van der Waals surface area contributed by atoms with Crippen molar-refractivity contribution in [1.29, 1.82) is 5.26 Å². The van der Waals surface area contributed by atoms with Crippen molar-refractivity contribution in [3.05, 3.63) is 23.3 Å². The Hall–Kier alpha value is -1.27. The van der Waals surface area contributed by atoms with Gasteiger partial charge in [0, 0.05) is 11.5 Å². The summed E-state index contributed by atoms with van der Waals surface area (Å²) in [5.41, 5.74) is -1.56. The van der Waals surface area contributed by atoms with E-state index in [4.69, 9.17) is 22.0 Å². The summed E-state index contributed by atoms with van der Waals surface area (Å²) in [6, 6.07) is 1.70. The smallest absolute Gasteiger partial charge is 0.332 e. The number of nitriles is 1. The number of hydrogen-bond acceptors (Lipinski definition) is 2. The number of carboxylic acids is 1. The Morgan fingerprint density at radius 3 is 2.83 bits per heavy atom. The van der Waals surface area contributed by atoms with Crippen LogP contribution in [0.4, 0.5) is 0 Å². The maximum atomic E-state index is 10.7. The first-order chi connectivity index (χ1) is 5.60. The molecule has 0 fully saturated rings. The number of halogens is 1. The fourth-order valence-corrected chi connectivity index (χ4v) is 1.22. The van der Waals surface area contributed by atoms with Crippen LogP contribution in [-0.4, -0.2) is 11.1 Å². The van der Waals surface area contributed by atoms with Crippen LogP contribution in [0, 0.1) is 16.7 Å². The molecule has 0 saturated carbocycles. The van der Waals surface area contributed by atoms with Gasteiger partial charge >= 0.3 is 5.97 Å². The maximum Gasteiger partial charge on any atom is 0.332 e. The molecule has 62 valence electrons. The van der Waals surface area contributed by atoms with E-state index in [9.17, 15) is 4.79 Å². The molecule has 0 bridgehead atoms. The fraction of sp³-hybridized carbons (Fsp3) is 0.250. The van der Waals surface area contributed by atoms with Crippen LogP contribution >= 0.6 is 11.6 Å². The van der Waals surface area contributed by atoms with Crippen LogP contribution in [0.2, 0.25) is 0 Å². The van der Waals surface area contributed by atoms with E-state index in [1.807, 2.05) is 0 Å². The molecule has 1 N–H and O–H groups in total. The van der Waals surface area contributed by atoms with Crippen LogP contribution in [-0.2, 0) is 4.79 Å². The van der Waals surface area contributed by atoms with E-state index >= 15 is 0 Å². The summed E-state index contributed by atoms with van der Waals surface area (Å²) in [6.07, 6.45) is 4.69. The molecule has 0 radical (unpaired) electrons. The highest BCUT2D eigenvalue weighted by atomic mass is 35.5. The summed E-state index contributed by atoms with van der Waals surface area (Å²) < 4.78 is 0. The minimum Gasteiger partial charge on any atom is -0.480 e. The molecule has 4 heteroatoms.